The van der Waals surface area contributed by atoms with Crippen LogP contribution in [0.5, 0.6) is 0 Å². The fraction of sp³-hybridized carbons (Fsp3) is 0.500. The van der Waals surface area contributed by atoms with Gasteiger partial charge < -0.3 is 5.32 Å². The van der Waals surface area contributed by atoms with Gasteiger partial charge in [-0.3, -0.25) is 0 Å². The minimum Gasteiger partial charge on any atom is -0.379 e. The van der Waals surface area contributed by atoms with E-state index >= 15 is 0 Å². The Kier molecular flexibility index (Phi) is 5.00. The van der Waals surface area contributed by atoms with E-state index in [2.05, 4.69) is 12.2 Å². The molecule has 0 fully saturated rings. The van der Waals surface area contributed by atoms with Crippen LogP contribution in [0.3, 0.4) is 0 Å². The molecule has 1 atom stereocenters. The zero-order valence-electron chi connectivity index (χ0n) is 9.49. The Morgan fingerprint density at radius 1 is 1.38 bits per heavy atom. The molecule has 0 saturated carbocycles. The quantitative estimate of drug-likeness (QED) is 0.801. The third-order valence-corrected chi connectivity index (χ3v) is 2.69. The molecule has 0 saturated heterocycles. The lowest BCUT2D eigenvalue weighted by Gasteiger charge is -2.16. The molecule has 1 N–H and O–H groups in total. The fourth-order valence-electron chi connectivity index (χ4n) is 1.51. The number of hydrogen-bond acceptors (Lipinski definition) is 1. The smallest absolute Gasteiger partial charge is 0.150 e. The summed E-state index contributed by atoms with van der Waals surface area (Å²) in [5, 5.41) is 3.05. The summed E-state index contributed by atoms with van der Waals surface area (Å²) in [5.41, 5.74) is 0.187. The van der Waals surface area contributed by atoms with Gasteiger partial charge in [0.2, 0.25) is 0 Å². The van der Waals surface area contributed by atoms with Crippen molar-refractivity contribution in [1.82, 2.24) is 0 Å². The van der Waals surface area contributed by atoms with Crippen molar-refractivity contribution in [2.75, 3.05) is 5.32 Å². The molecular weight excluding hydrogens is 232 g/mol. The molecule has 0 aliphatic carbocycles. The monoisotopic (exact) mass is 247 g/mol. The molecule has 16 heavy (non-hydrogen) atoms. The topological polar surface area (TPSA) is 12.0 Å². The van der Waals surface area contributed by atoms with Crippen LogP contribution in [0.4, 0.5) is 14.5 Å². The van der Waals surface area contributed by atoms with Crippen molar-refractivity contribution >= 4 is 17.3 Å². The van der Waals surface area contributed by atoms with Crippen molar-refractivity contribution in [3.63, 3.8) is 0 Å². The Morgan fingerprint density at radius 2 is 2.06 bits per heavy atom. The second-order valence-electron chi connectivity index (χ2n) is 3.93. The molecule has 0 amide bonds. The molecule has 1 rings (SSSR count). The van der Waals surface area contributed by atoms with E-state index in [9.17, 15) is 8.78 Å². The first-order valence-electron chi connectivity index (χ1n) is 5.45. The van der Waals surface area contributed by atoms with E-state index in [0.29, 0.717) is 0 Å². The summed E-state index contributed by atoms with van der Waals surface area (Å²) in [5.74, 6) is -1.30. The fourth-order valence-corrected chi connectivity index (χ4v) is 1.76. The van der Waals surface area contributed by atoms with Crippen LogP contribution in [0, 0.1) is 11.6 Å². The standard InChI is InChI=1S/C12H16ClF2N/c1-3-4-5-8(2)16-12-10(13)6-9(14)7-11(12)15/h6-8,16H,3-5H2,1-2H3. The summed E-state index contributed by atoms with van der Waals surface area (Å²) < 4.78 is 26.2. The Bertz CT molecular complexity index is 332. The molecule has 1 aromatic carbocycles. The molecule has 0 bridgehead atoms. The van der Waals surface area contributed by atoms with Gasteiger partial charge in [-0.1, -0.05) is 31.4 Å². The predicted molar refractivity (Wildman–Crippen MR) is 64.0 cm³/mol. The van der Waals surface area contributed by atoms with Crippen molar-refractivity contribution in [2.45, 2.75) is 39.2 Å². The predicted octanol–water partition coefficient (Wildman–Crippen LogP) is 4.61. The number of benzene rings is 1. The van der Waals surface area contributed by atoms with Crippen LogP contribution in [0.1, 0.15) is 33.1 Å². The summed E-state index contributed by atoms with van der Waals surface area (Å²) in [7, 11) is 0. The molecule has 90 valence electrons. The van der Waals surface area contributed by atoms with Crippen LogP contribution in [0.15, 0.2) is 12.1 Å². The van der Waals surface area contributed by atoms with Gasteiger partial charge in [0.15, 0.2) is 5.82 Å². The van der Waals surface area contributed by atoms with Crippen molar-refractivity contribution in [1.29, 1.82) is 0 Å². The van der Waals surface area contributed by atoms with E-state index in [4.69, 9.17) is 11.6 Å². The minimum absolute atomic E-state index is 0.0841. The van der Waals surface area contributed by atoms with Crippen LogP contribution in [0.25, 0.3) is 0 Å². The average molecular weight is 248 g/mol. The molecule has 0 radical (unpaired) electrons. The molecule has 0 aromatic heterocycles. The van der Waals surface area contributed by atoms with Crippen molar-refractivity contribution in [3.8, 4) is 0 Å². The van der Waals surface area contributed by atoms with Crippen molar-refractivity contribution in [2.24, 2.45) is 0 Å². The first-order chi connectivity index (χ1) is 7.54. The number of rotatable bonds is 5. The maximum absolute atomic E-state index is 13.4. The number of halogens is 3. The Balaban J connectivity index is 2.73. The summed E-state index contributed by atoms with van der Waals surface area (Å²) in [6.07, 6.45) is 3.09. The number of anilines is 1. The van der Waals surface area contributed by atoms with Crippen LogP contribution < -0.4 is 5.32 Å². The van der Waals surface area contributed by atoms with E-state index in [-0.39, 0.29) is 16.8 Å². The highest BCUT2D eigenvalue weighted by Gasteiger charge is 2.12. The van der Waals surface area contributed by atoms with Gasteiger partial charge in [0, 0.05) is 12.1 Å². The first kappa shape index (κ1) is 13.2. The van der Waals surface area contributed by atoms with Gasteiger partial charge in [-0.05, 0) is 19.4 Å². The zero-order valence-corrected chi connectivity index (χ0v) is 10.2. The van der Waals surface area contributed by atoms with Gasteiger partial charge >= 0.3 is 0 Å². The Hall–Kier alpha value is -0.830. The maximum atomic E-state index is 13.4. The molecule has 4 heteroatoms. The minimum atomic E-state index is -0.658. The van der Waals surface area contributed by atoms with Gasteiger partial charge in [0.05, 0.1) is 10.7 Å². The van der Waals surface area contributed by atoms with E-state index in [1.807, 2.05) is 6.92 Å². The number of nitrogens with one attached hydrogen (secondary N) is 1. The van der Waals surface area contributed by atoms with Gasteiger partial charge in [0.1, 0.15) is 5.82 Å². The largest absolute Gasteiger partial charge is 0.379 e. The van der Waals surface area contributed by atoms with Gasteiger partial charge in [0.25, 0.3) is 0 Å². The lowest BCUT2D eigenvalue weighted by Crippen LogP contribution is -2.16. The molecule has 1 aromatic rings. The van der Waals surface area contributed by atoms with E-state index in [1.165, 1.54) is 0 Å². The molecular formula is C12H16ClF2N. The van der Waals surface area contributed by atoms with Crippen LogP contribution in [0.2, 0.25) is 5.02 Å². The second-order valence-corrected chi connectivity index (χ2v) is 4.34. The van der Waals surface area contributed by atoms with E-state index in [1.54, 1.807) is 0 Å². The maximum Gasteiger partial charge on any atom is 0.150 e. The van der Waals surface area contributed by atoms with Crippen LogP contribution in [-0.4, -0.2) is 6.04 Å². The first-order valence-corrected chi connectivity index (χ1v) is 5.83. The third kappa shape index (κ3) is 3.63. The summed E-state index contributed by atoms with van der Waals surface area (Å²) in [4.78, 5) is 0. The highest BCUT2D eigenvalue weighted by Crippen LogP contribution is 2.27. The lowest BCUT2D eigenvalue weighted by molar-refractivity contribution is 0.580. The van der Waals surface area contributed by atoms with E-state index < -0.39 is 11.6 Å². The van der Waals surface area contributed by atoms with Crippen LogP contribution >= 0.6 is 11.6 Å². The summed E-state index contributed by atoms with van der Waals surface area (Å²) >= 11 is 5.77. The van der Waals surface area contributed by atoms with Gasteiger partial charge in [-0.2, -0.15) is 0 Å². The molecule has 0 aliphatic heterocycles. The molecule has 1 nitrogen and oxygen atoms in total. The average Bonchev–Trinajstić information content (AvgIpc) is 2.20. The van der Waals surface area contributed by atoms with Crippen molar-refractivity contribution < 1.29 is 8.78 Å². The van der Waals surface area contributed by atoms with Crippen molar-refractivity contribution in [3.05, 3.63) is 28.8 Å². The third-order valence-electron chi connectivity index (χ3n) is 2.39. The SMILES string of the molecule is CCCCC(C)Nc1c(F)cc(F)cc1Cl. The lowest BCUT2D eigenvalue weighted by atomic mass is 10.1. The Morgan fingerprint density at radius 3 is 2.62 bits per heavy atom. The van der Waals surface area contributed by atoms with Gasteiger partial charge in [-0.25, -0.2) is 8.78 Å². The van der Waals surface area contributed by atoms with E-state index in [0.717, 1.165) is 31.4 Å². The zero-order chi connectivity index (χ0) is 12.1. The van der Waals surface area contributed by atoms with Crippen LogP contribution in [-0.2, 0) is 0 Å². The Labute approximate surface area is 99.8 Å². The number of hydrogen-bond donors (Lipinski definition) is 1. The highest BCUT2D eigenvalue weighted by molar-refractivity contribution is 6.33. The molecule has 1 unspecified atom stereocenters. The molecule has 0 spiro atoms. The molecule has 0 aliphatic rings. The summed E-state index contributed by atoms with van der Waals surface area (Å²) in [6.45, 7) is 4.05. The normalized spacial score (nSPS) is 12.6. The summed E-state index contributed by atoms with van der Waals surface area (Å²) in [6, 6.07) is 2.07. The second kappa shape index (κ2) is 6.04. The highest BCUT2D eigenvalue weighted by atomic mass is 35.5. The number of unbranched alkanes of at least 4 members (excludes halogenated alkanes) is 1. The molecule has 0 heterocycles. The van der Waals surface area contributed by atoms with Gasteiger partial charge in [-0.15, -0.1) is 0 Å².